The van der Waals surface area contributed by atoms with Gasteiger partial charge in [-0.2, -0.15) is 0 Å². The summed E-state index contributed by atoms with van der Waals surface area (Å²) in [4.78, 5) is 17.5. The lowest BCUT2D eigenvalue weighted by molar-refractivity contribution is -0.116. The van der Waals surface area contributed by atoms with Crippen molar-refractivity contribution in [3.05, 3.63) is 81.3 Å². The number of nitrogens with one attached hydrogen (secondary N) is 1. The molecule has 0 saturated carbocycles. The van der Waals surface area contributed by atoms with Gasteiger partial charge in [-0.1, -0.05) is 58.4 Å². The number of benzene rings is 2. The van der Waals surface area contributed by atoms with Crippen LogP contribution in [0.25, 0.3) is 0 Å². The van der Waals surface area contributed by atoms with Crippen LogP contribution in [0.3, 0.4) is 0 Å². The second kappa shape index (κ2) is 8.22. The lowest BCUT2D eigenvalue weighted by Gasteiger charge is -2.02. The molecule has 3 rings (SSSR count). The summed E-state index contributed by atoms with van der Waals surface area (Å²) in [6.07, 6.45) is 3.86. The first-order valence-corrected chi connectivity index (χ1v) is 9.33. The molecule has 0 radical (unpaired) electrons. The highest BCUT2D eigenvalue weighted by molar-refractivity contribution is 9.10. The molecule has 1 amide bonds. The van der Waals surface area contributed by atoms with Gasteiger partial charge in [-0.15, -0.1) is 11.3 Å². The number of aromatic nitrogens is 1. The van der Waals surface area contributed by atoms with Crippen molar-refractivity contribution in [1.29, 1.82) is 0 Å². The Morgan fingerprint density at radius 1 is 1.04 bits per heavy atom. The van der Waals surface area contributed by atoms with Crippen LogP contribution in [0.4, 0.5) is 5.13 Å². The van der Waals surface area contributed by atoms with E-state index in [-0.39, 0.29) is 5.91 Å². The first-order chi connectivity index (χ1) is 11.7. The summed E-state index contributed by atoms with van der Waals surface area (Å²) in [6, 6.07) is 18.3. The topological polar surface area (TPSA) is 42.0 Å². The highest BCUT2D eigenvalue weighted by Gasteiger charge is 2.08. The third-order valence-corrected chi connectivity index (χ3v) is 5.02. The fourth-order valence-electron chi connectivity index (χ4n) is 2.33. The zero-order valence-corrected chi connectivity index (χ0v) is 15.4. The van der Waals surface area contributed by atoms with E-state index in [2.05, 4.69) is 38.4 Å². The number of nitrogens with zero attached hydrogens (tertiary/aromatic N) is 1. The quantitative estimate of drug-likeness (QED) is 0.627. The Labute approximate surface area is 153 Å². The molecule has 1 heterocycles. The summed E-state index contributed by atoms with van der Waals surface area (Å²) in [6.45, 7) is 0. The van der Waals surface area contributed by atoms with Crippen LogP contribution in [0.2, 0.25) is 0 Å². The summed E-state index contributed by atoms with van der Waals surface area (Å²) in [5.74, 6) is 0.00314. The van der Waals surface area contributed by atoms with Crippen LogP contribution in [0.5, 0.6) is 0 Å². The molecule has 24 heavy (non-hydrogen) atoms. The Balaban J connectivity index is 1.51. The van der Waals surface area contributed by atoms with Crippen LogP contribution < -0.4 is 5.32 Å². The van der Waals surface area contributed by atoms with Crippen LogP contribution in [0, 0.1) is 0 Å². The Morgan fingerprint density at radius 2 is 1.79 bits per heavy atom. The Bertz CT molecular complexity index is 800. The van der Waals surface area contributed by atoms with E-state index in [1.807, 2.05) is 48.7 Å². The van der Waals surface area contributed by atoms with E-state index in [0.717, 1.165) is 22.2 Å². The van der Waals surface area contributed by atoms with E-state index in [9.17, 15) is 4.79 Å². The Kier molecular flexibility index (Phi) is 5.77. The van der Waals surface area contributed by atoms with Crippen molar-refractivity contribution in [1.82, 2.24) is 4.98 Å². The highest BCUT2D eigenvalue weighted by Crippen LogP contribution is 2.22. The van der Waals surface area contributed by atoms with Crippen LogP contribution in [0.15, 0.2) is 65.3 Å². The lowest BCUT2D eigenvalue weighted by atomic mass is 10.1. The number of amides is 1. The van der Waals surface area contributed by atoms with E-state index in [1.54, 1.807) is 0 Å². The second-order valence-corrected chi connectivity index (χ2v) is 7.50. The zero-order chi connectivity index (χ0) is 16.8. The number of rotatable bonds is 6. The van der Waals surface area contributed by atoms with Crippen molar-refractivity contribution in [3.8, 4) is 0 Å². The van der Waals surface area contributed by atoms with Crippen molar-refractivity contribution in [3.63, 3.8) is 0 Å². The molecule has 5 heteroatoms. The van der Waals surface area contributed by atoms with Gasteiger partial charge < -0.3 is 5.32 Å². The smallest absolute Gasteiger partial charge is 0.226 e. The van der Waals surface area contributed by atoms with Gasteiger partial charge in [0.15, 0.2) is 5.13 Å². The molecule has 0 fully saturated rings. The Morgan fingerprint density at radius 3 is 2.54 bits per heavy atom. The van der Waals surface area contributed by atoms with Crippen LogP contribution in [0.1, 0.15) is 22.4 Å². The summed E-state index contributed by atoms with van der Waals surface area (Å²) in [5, 5.41) is 3.56. The van der Waals surface area contributed by atoms with Crippen LogP contribution in [-0.2, 0) is 17.6 Å². The largest absolute Gasteiger partial charge is 0.302 e. The van der Waals surface area contributed by atoms with Gasteiger partial charge in [0, 0.05) is 28.4 Å². The van der Waals surface area contributed by atoms with Gasteiger partial charge in [0.1, 0.15) is 0 Å². The molecule has 2 aromatic carbocycles. The molecule has 0 aliphatic carbocycles. The predicted octanol–water partition coefficient (Wildman–Crippen LogP) is 5.07. The average molecular weight is 401 g/mol. The van der Waals surface area contributed by atoms with Crippen molar-refractivity contribution in [2.24, 2.45) is 0 Å². The van der Waals surface area contributed by atoms with Gasteiger partial charge in [-0.3, -0.25) is 4.79 Å². The van der Waals surface area contributed by atoms with Gasteiger partial charge in [0.2, 0.25) is 5.91 Å². The van der Waals surface area contributed by atoms with E-state index in [4.69, 9.17) is 0 Å². The van der Waals surface area contributed by atoms with Crippen LogP contribution >= 0.6 is 27.3 Å². The van der Waals surface area contributed by atoms with E-state index in [1.165, 1.54) is 22.5 Å². The third-order valence-electron chi connectivity index (χ3n) is 3.58. The molecule has 1 aromatic heterocycles. The maximum atomic E-state index is 12.0. The van der Waals surface area contributed by atoms with Gasteiger partial charge in [-0.05, 0) is 29.7 Å². The molecule has 0 aliphatic heterocycles. The van der Waals surface area contributed by atoms with Gasteiger partial charge in [-0.25, -0.2) is 4.98 Å². The minimum Gasteiger partial charge on any atom is -0.302 e. The number of carbonyl (C=O) groups is 1. The van der Waals surface area contributed by atoms with Crippen molar-refractivity contribution >= 4 is 38.3 Å². The maximum Gasteiger partial charge on any atom is 0.226 e. The van der Waals surface area contributed by atoms with Crippen molar-refractivity contribution in [2.75, 3.05) is 5.32 Å². The number of halogens is 1. The number of carbonyl (C=O) groups excluding carboxylic acids is 1. The Hall–Kier alpha value is -1.98. The molecule has 3 nitrogen and oxygen atoms in total. The van der Waals surface area contributed by atoms with E-state index >= 15 is 0 Å². The number of aryl methyl sites for hydroxylation is 1. The van der Waals surface area contributed by atoms with Crippen LogP contribution in [-0.4, -0.2) is 10.9 Å². The monoisotopic (exact) mass is 400 g/mol. The molecular weight excluding hydrogens is 384 g/mol. The molecule has 0 atom stereocenters. The molecule has 0 unspecified atom stereocenters. The number of hydrogen-bond donors (Lipinski definition) is 1. The SMILES string of the molecule is O=C(CCc1ccccc1)Nc1ncc(Cc2ccc(Br)cc2)s1. The molecule has 1 N–H and O–H groups in total. The summed E-state index contributed by atoms with van der Waals surface area (Å²) < 4.78 is 1.07. The standard InChI is InChI=1S/C19H17BrN2OS/c20-16-9-6-15(7-10-16)12-17-13-21-19(24-17)22-18(23)11-8-14-4-2-1-3-5-14/h1-7,9-10,13H,8,11-12H2,(H,21,22,23). The number of hydrogen-bond acceptors (Lipinski definition) is 3. The minimum absolute atomic E-state index is 0.00314. The van der Waals surface area contributed by atoms with Gasteiger partial charge in [0.25, 0.3) is 0 Å². The maximum absolute atomic E-state index is 12.0. The lowest BCUT2D eigenvalue weighted by Crippen LogP contribution is -2.11. The van der Waals surface area contributed by atoms with Crippen molar-refractivity contribution in [2.45, 2.75) is 19.3 Å². The molecule has 0 bridgehead atoms. The zero-order valence-electron chi connectivity index (χ0n) is 13.0. The van der Waals surface area contributed by atoms with Gasteiger partial charge in [0.05, 0.1) is 0 Å². The fraction of sp³-hybridized carbons (Fsp3) is 0.158. The molecule has 0 saturated heterocycles. The molecular formula is C19H17BrN2OS. The fourth-order valence-corrected chi connectivity index (χ4v) is 3.46. The third kappa shape index (κ3) is 5.01. The molecule has 122 valence electrons. The summed E-state index contributed by atoms with van der Waals surface area (Å²) in [7, 11) is 0. The predicted molar refractivity (Wildman–Crippen MR) is 102 cm³/mol. The first-order valence-electron chi connectivity index (χ1n) is 7.72. The van der Waals surface area contributed by atoms with E-state index < -0.39 is 0 Å². The van der Waals surface area contributed by atoms with E-state index in [0.29, 0.717) is 11.6 Å². The number of anilines is 1. The molecule has 0 spiro atoms. The first kappa shape index (κ1) is 16.9. The molecule has 0 aliphatic rings. The van der Waals surface area contributed by atoms with Gasteiger partial charge >= 0.3 is 0 Å². The normalized spacial score (nSPS) is 10.5. The molecule has 3 aromatic rings. The number of thiazole rings is 1. The summed E-state index contributed by atoms with van der Waals surface area (Å²) in [5.41, 5.74) is 2.39. The second-order valence-electron chi connectivity index (χ2n) is 5.47. The summed E-state index contributed by atoms with van der Waals surface area (Å²) >= 11 is 4.96. The van der Waals surface area contributed by atoms with Crippen molar-refractivity contribution < 1.29 is 4.79 Å². The minimum atomic E-state index is 0.00314. The average Bonchev–Trinajstić information content (AvgIpc) is 3.03. The highest BCUT2D eigenvalue weighted by atomic mass is 79.9.